The van der Waals surface area contributed by atoms with Gasteiger partial charge in [-0.25, -0.2) is 5.48 Å². The normalized spacial score (nSPS) is 10.7. The predicted octanol–water partition coefficient (Wildman–Crippen LogP) is 3.33. The molecule has 0 bridgehead atoms. The molecule has 21 heavy (non-hydrogen) atoms. The Morgan fingerprint density at radius 1 is 0.905 bits per heavy atom. The Bertz CT molecular complexity index is 720. The molecule has 1 aromatic heterocycles. The third kappa shape index (κ3) is 3.18. The molecule has 0 spiro atoms. The molecular weight excluding hydrogens is 262 g/mol. The number of nitrogens with one attached hydrogen (secondary N) is 2. The van der Waals surface area contributed by atoms with E-state index in [4.69, 9.17) is 5.21 Å². The van der Waals surface area contributed by atoms with Crippen LogP contribution in [-0.4, -0.2) is 10.2 Å². The van der Waals surface area contributed by atoms with E-state index < -0.39 is 0 Å². The highest BCUT2D eigenvalue weighted by atomic mass is 16.5. The average Bonchev–Trinajstić information content (AvgIpc) is 2.54. The summed E-state index contributed by atoms with van der Waals surface area (Å²) in [5, 5.41) is 14.4. The minimum absolute atomic E-state index is 0.462. The van der Waals surface area contributed by atoms with Crippen molar-refractivity contribution < 1.29 is 5.21 Å². The summed E-state index contributed by atoms with van der Waals surface area (Å²) in [5.41, 5.74) is 5.52. The van der Waals surface area contributed by atoms with Crippen LogP contribution in [0.5, 0.6) is 0 Å². The van der Waals surface area contributed by atoms with E-state index in [9.17, 15) is 0 Å². The number of aromatic nitrogens is 1. The molecule has 0 aliphatic rings. The number of fused-ring (bicyclic) bond motifs is 1. The van der Waals surface area contributed by atoms with Gasteiger partial charge in [0.05, 0.1) is 0 Å². The topological polar surface area (TPSA) is 57.2 Å². The lowest BCUT2D eigenvalue weighted by atomic mass is 10.1. The summed E-state index contributed by atoms with van der Waals surface area (Å²) in [6, 6.07) is 16.3. The molecule has 106 valence electrons. The van der Waals surface area contributed by atoms with Gasteiger partial charge in [0.2, 0.25) is 0 Å². The number of rotatable bonds is 5. The molecule has 0 radical (unpaired) electrons. The fraction of sp³-hybridized carbons (Fsp3) is 0.118. The summed E-state index contributed by atoms with van der Waals surface area (Å²) in [6.07, 6.45) is 3.68. The third-order valence-corrected chi connectivity index (χ3v) is 3.47. The summed E-state index contributed by atoms with van der Waals surface area (Å²) in [6.45, 7) is 1.22. The highest BCUT2D eigenvalue weighted by Crippen LogP contribution is 2.22. The van der Waals surface area contributed by atoms with Gasteiger partial charge in [0.15, 0.2) is 0 Å². The number of benzene rings is 2. The average molecular weight is 279 g/mol. The number of pyridine rings is 1. The molecule has 3 aromatic rings. The van der Waals surface area contributed by atoms with Crippen LogP contribution in [0, 0.1) is 0 Å². The van der Waals surface area contributed by atoms with Crippen molar-refractivity contribution in [2.75, 3.05) is 5.32 Å². The van der Waals surface area contributed by atoms with Gasteiger partial charge >= 0.3 is 0 Å². The molecule has 0 aliphatic carbocycles. The molecule has 0 saturated heterocycles. The Kier molecular flexibility index (Phi) is 4.09. The van der Waals surface area contributed by atoms with E-state index in [0.29, 0.717) is 6.54 Å². The van der Waals surface area contributed by atoms with Crippen molar-refractivity contribution in [1.82, 2.24) is 10.5 Å². The first kappa shape index (κ1) is 13.5. The van der Waals surface area contributed by atoms with E-state index in [0.717, 1.165) is 23.2 Å². The Hall–Kier alpha value is -2.43. The highest BCUT2D eigenvalue weighted by Gasteiger charge is 2.00. The molecule has 0 amide bonds. The van der Waals surface area contributed by atoms with Gasteiger partial charge in [0, 0.05) is 41.9 Å². The monoisotopic (exact) mass is 279 g/mol. The molecule has 4 heteroatoms. The quantitative estimate of drug-likeness (QED) is 0.627. The number of hydrogen-bond acceptors (Lipinski definition) is 4. The SMILES string of the molecule is ONCc1ccc(CNc2cccc3cnccc23)cc1. The lowest BCUT2D eigenvalue weighted by molar-refractivity contribution is 0.161. The first-order valence-corrected chi connectivity index (χ1v) is 6.88. The van der Waals surface area contributed by atoms with Gasteiger partial charge in [-0.2, -0.15) is 0 Å². The maximum absolute atomic E-state index is 8.67. The van der Waals surface area contributed by atoms with Crippen molar-refractivity contribution in [2.24, 2.45) is 0 Å². The summed E-state index contributed by atoms with van der Waals surface area (Å²) in [4.78, 5) is 4.15. The largest absolute Gasteiger partial charge is 0.380 e. The molecule has 0 saturated carbocycles. The van der Waals surface area contributed by atoms with Gasteiger partial charge in [-0.15, -0.1) is 0 Å². The van der Waals surface area contributed by atoms with Crippen molar-refractivity contribution in [2.45, 2.75) is 13.1 Å². The fourth-order valence-corrected chi connectivity index (χ4v) is 2.34. The molecule has 3 rings (SSSR count). The van der Waals surface area contributed by atoms with E-state index >= 15 is 0 Å². The minimum Gasteiger partial charge on any atom is -0.380 e. The van der Waals surface area contributed by atoms with Crippen molar-refractivity contribution in [3.05, 3.63) is 72.1 Å². The Morgan fingerprint density at radius 2 is 1.67 bits per heavy atom. The lowest BCUT2D eigenvalue weighted by Crippen LogP contribution is -2.06. The van der Waals surface area contributed by atoms with Crippen LogP contribution in [0.25, 0.3) is 10.8 Å². The smallest absolute Gasteiger partial charge is 0.0458 e. The molecule has 0 atom stereocenters. The standard InChI is InChI=1S/C17H17N3O/c21-20-11-14-6-4-13(5-7-14)10-19-17-3-1-2-15-12-18-9-8-16(15)17/h1-9,12,19-21H,10-11H2. The zero-order valence-electron chi connectivity index (χ0n) is 11.6. The van der Waals surface area contributed by atoms with Crippen molar-refractivity contribution in [3.63, 3.8) is 0 Å². The van der Waals surface area contributed by atoms with Crippen molar-refractivity contribution >= 4 is 16.5 Å². The van der Waals surface area contributed by atoms with E-state index in [2.05, 4.69) is 40.0 Å². The van der Waals surface area contributed by atoms with E-state index in [1.165, 1.54) is 10.9 Å². The van der Waals surface area contributed by atoms with Crippen molar-refractivity contribution in [3.8, 4) is 0 Å². The third-order valence-electron chi connectivity index (χ3n) is 3.47. The number of anilines is 1. The Morgan fingerprint density at radius 3 is 2.43 bits per heavy atom. The Balaban J connectivity index is 1.74. The maximum Gasteiger partial charge on any atom is 0.0458 e. The zero-order valence-corrected chi connectivity index (χ0v) is 11.6. The molecule has 0 fully saturated rings. The predicted molar refractivity (Wildman–Crippen MR) is 84.1 cm³/mol. The number of hydroxylamine groups is 1. The van der Waals surface area contributed by atoms with Gasteiger partial charge in [-0.05, 0) is 23.3 Å². The van der Waals surface area contributed by atoms with E-state index in [1.807, 2.05) is 36.7 Å². The van der Waals surface area contributed by atoms with Crippen LogP contribution in [0.15, 0.2) is 60.9 Å². The second-order valence-electron chi connectivity index (χ2n) is 4.91. The molecule has 0 aliphatic heterocycles. The van der Waals surface area contributed by atoms with Crippen LogP contribution in [0.3, 0.4) is 0 Å². The van der Waals surface area contributed by atoms with Crippen LogP contribution in [0.4, 0.5) is 5.69 Å². The number of hydrogen-bond donors (Lipinski definition) is 3. The zero-order chi connectivity index (χ0) is 14.5. The molecule has 0 unspecified atom stereocenters. The molecule has 3 N–H and O–H groups in total. The second kappa shape index (κ2) is 6.35. The van der Waals surface area contributed by atoms with Gasteiger partial charge < -0.3 is 10.5 Å². The van der Waals surface area contributed by atoms with Crippen LogP contribution in [0.2, 0.25) is 0 Å². The van der Waals surface area contributed by atoms with Crippen LogP contribution < -0.4 is 10.8 Å². The lowest BCUT2D eigenvalue weighted by Gasteiger charge is -2.10. The van der Waals surface area contributed by atoms with Crippen LogP contribution in [0.1, 0.15) is 11.1 Å². The summed E-state index contributed by atoms with van der Waals surface area (Å²) in [5.74, 6) is 0. The molecule has 2 aromatic carbocycles. The summed E-state index contributed by atoms with van der Waals surface area (Å²) in [7, 11) is 0. The second-order valence-corrected chi connectivity index (χ2v) is 4.91. The Labute approximate surface area is 123 Å². The van der Waals surface area contributed by atoms with Crippen molar-refractivity contribution in [1.29, 1.82) is 0 Å². The van der Waals surface area contributed by atoms with E-state index in [-0.39, 0.29) is 0 Å². The first-order valence-electron chi connectivity index (χ1n) is 6.88. The molecule has 1 heterocycles. The summed E-state index contributed by atoms with van der Waals surface area (Å²) >= 11 is 0. The van der Waals surface area contributed by atoms with E-state index in [1.54, 1.807) is 0 Å². The van der Waals surface area contributed by atoms with Gasteiger partial charge in [-0.3, -0.25) is 4.98 Å². The first-order chi connectivity index (χ1) is 10.4. The van der Waals surface area contributed by atoms with Gasteiger partial charge in [0.1, 0.15) is 0 Å². The van der Waals surface area contributed by atoms with Gasteiger partial charge in [0.25, 0.3) is 0 Å². The molecule has 4 nitrogen and oxygen atoms in total. The van der Waals surface area contributed by atoms with Crippen LogP contribution >= 0.6 is 0 Å². The highest BCUT2D eigenvalue weighted by molar-refractivity contribution is 5.93. The molecular formula is C17H17N3O. The fourth-order valence-electron chi connectivity index (χ4n) is 2.34. The number of nitrogens with zero attached hydrogens (tertiary/aromatic N) is 1. The van der Waals surface area contributed by atoms with Crippen LogP contribution in [-0.2, 0) is 13.1 Å². The van der Waals surface area contributed by atoms with Gasteiger partial charge in [-0.1, -0.05) is 36.4 Å². The maximum atomic E-state index is 8.67. The minimum atomic E-state index is 0.462. The summed E-state index contributed by atoms with van der Waals surface area (Å²) < 4.78 is 0.